The van der Waals surface area contributed by atoms with Crippen molar-refractivity contribution in [3.63, 3.8) is 0 Å². The summed E-state index contributed by atoms with van der Waals surface area (Å²) in [5.41, 5.74) is 1.49. The number of hydrogen-bond acceptors (Lipinski definition) is 5. The van der Waals surface area contributed by atoms with E-state index in [1.807, 2.05) is 19.9 Å². The Balaban J connectivity index is 1.57. The monoisotopic (exact) mass is 376 g/mol. The lowest BCUT2D eigenvalue weighted by molar-refractivity contribution is -0.131. The van der Waals surface area contributed by atoms with Crippen molar-refractivity contribution in [2.24, 2.45) is 5.92 Å². The summed E-state index contributed by atoms with van der Waals surface area (Å²) in [6.07, 6.45) is 0.715. The van der Waals surface area contributed by atoms with Crippen LogP contribution in [0.15, 0.2) is 34.9 Å². The molecule has 2 heterocycles. The van der Waals surface area contributed by atoms with Gasteiger partial charge in [0.2, 0.25) is 5.91 Å². The number of nitrogens with zero attached hydrogens (tertiary/aromatic N) is 1. The molecule has 1 saturated heterocycles. The van der Waals surface area contributed by atoms with Crippen molar-refractivity contribution in [1.82, 2.24) is 10.5 Å². The van der Waals surface area contributed by atoms with Crippen molar-refractivity contribution < 1.29 is 23.6 Å². The number of aromatic nitrogens is 1. The topological polar surface area (TPSA) is 84.6 Å². The normalized spacial score (nSPS) is 22.8. The van der Waals surface area contributed by atoms with E-state index in [1.165, 1.54) is 12.1 Å². The third kappa shape index (κ3) is 5.14. The predicted molar refractivity (Wildman–Crippen MR) is 97.4 cm³/mol. The average molecular weight is 376 g/mol. The maximum atomic E-state index is 13.0. The molecule has 2 N–H and O–H groups in total. The molecule has 7 heteroatoms. The molecule has 3 atom stereocenters. The van der Waals surface area contributed by atoms with Gasteiger partial charge in [-0.15, -0.1) is 0 Å². The zero-order valence-electron chi connectivity index (χ0n) is 15.5. The molecule has 146 valence electrons. The number of rotatable bonds is 6. The van der Waals surface area contributed by atoms with Crippen LogP contribution in [0.2, 0.25) is 0 Å². The number of hydrogen-bond donors (Lipinski definition) is 2. The van der Waals surface area contributed by atoms with Crippen molar-refractivity contribution >= 4 is 5.91 Å². The molecule has 0 saturated carbocycles. The number of nitrogens with one attached hydrogen (secondary N) is 1. The fourth-order valence-electron chi connectivity index (χ4n) is 3.08. The SMILES string of the molecule is CC(C)C(=O)NC[C@H]1O[C@H](Cc2cc(-c3ccc(F)cc3)on2)CC[C@@H]1O. The third-order valence-corrected chi connectivity index (χ3v) is 4.71. The number of halogens is 1. The zero-order valence-corrected chi connectivity index (χ0v) is 15.5. The van der Waals surface area contributed by atoms with Crippen molar-refractivity contribution in [2.75, 3.05) is 6.54 Å². The third-order valence-electron chi connectivity index (χ3n) is 4.71. The summed E-state index contributed by atoms with van der Waals surface area (Å²) < 4.78 is 24.4. The van der Waals surface area contributed by atoms with Gasteiger partial charge in [-0.05, 0) is 37.1 Å². The van der Waals surface area contributed by atoms with Gasteiger partial charge in [-0.25, -0.2) is 4.39 Å². The highest BCUT2D eigenvalue weighted by atomic mass is 19.1. The summed E-state index contributed by atoms with van der Waals surface area (Å²) in [6.45, 7) is 3.92. The number of carbonyl (C=O) groups is 1. The van der Waals surface area contributed by atoms with Gasteiger partial charge in [0.05, 0.1) is 17.9 Å². The van der Waals surface area contributed by atoms with Gasteiger partial charge in [-0.1, -0.05) is 19.0 Å². The zero-order chi connectivity index (χ0) is 19.4. The highest BCUT2D eigenvalue weighted by Gasteiger charge is 2.31. The molecule has 1 aromatic carbocycles. The second kappa shape index (κ2) is 8.63. The van der Waals surface area contributed by atoms with Gasteiger partial charge in [-0.3, -0.25) is 4.79 Å². The van der Waals surface area contributed by atoms with Crippen LogP contribution in [-0.4, -0.2) is 41.0 Å². The van der Waals surface area contributed by atoms with Crippen molar-refractivity contribution in [2.45, 2.75) is 51.4 Å². The summed E-state index contributed by atoms with van der Waals surface area (Å²) in [5, 5.41) is 17.0. The van der Waals surface area contributed by atoms with Crippen LogP contribution in [0.5, 0.6) is 0 Å². The Labute approximate surface area is 157 Å². The van der Waals surface area contributed by atoms with Crippen molar-refractivity contribution in [3.8, 4) is 11.3 Å². The standard InChI is InChI=1S/C20H25FN2O4/c1-12(2)20(25)22-11-19-17(24)8-7-16(26-19)9-15-10-18(27-23-15)13-3-5-14(21)6-4-13/h3-6,10,12,16-17,19,24H,7-9,11H2,1-2H3,(H,22,25)/t16-,17-,19+/m0/s1. The van der Waals surface area contributed by atoms with Crippen LogP contribution in [-0.2, 0) is 16.0 Å². The first-order valence-electron chi connectivity index (χ1n) is 9.25. The van der Waals surface area contributed by atoms with Crippen LogP contribution in [0, 0.1) is 11.7 Å². The van der Waals surface area contributed by atoms with E-state index in [1.54, 1.807) is 12.1 Å². The van der Waals surface area contributed by atoms with Crippen LogP contribution < -0.4 is 5.32 Å². The van der Waals surface area contributed by atoms with Crippen molar-refractivity contribution in [3.05, 3.63) is 41.8 Å². The van der Waals surface area contributed by atoms with Gasteiger partial charge in [-0.2, -0.15) is 0 Å². The van der Waals surface area contributed by atoms with Crippen LogP contribution in [0.25, 0.3) is 11.3 Å². The lowest BCUT2D eigenvalue weighted by atomic mass is 9.98. The maximum absolute atomic E-state index is 13.0. The number of ether oxygens (including phenoxy) is 1. The molecule has 6 nitrogen and oxygen atoms in total. The number of aliphatic hydroxyl groups is 1. The van der Waals surface area contributed by atoms with Gasteiger partial charge >= 0.3 is 0 Å². The van der Waals surface area contributed by atoms with Crippen LogP contribution in [0.1, 0.15) is 32.4 Å². The molecule has 3 rings (SSSR count). The Morgan fingerprint density at radius 3 is 2.78 bits per heavy atom. The van der Waals surface area contributed by atoms with E-state index in [0.717, 1.165) is 11.3 Å². The minimum Gasteiger partial charge on any atom is -0.390 e. The summed E-state index contributed by atoms with van der Waals surface area (Å²) in [7, 11) is 0. The highest BCUT2D eigenvalue weighted by Crippen LogP contribution is 2.25. The predicted octanol–water partition coefficient (Wildman–Crippen LogP) is 2.70. The van der Waals surface area contributed by atoms with Gasteiger partial charge in [0, 0.05) is 30.5 Å². The molecule has 1 aliphatic rings. The Morgan fingerprint density at radius 1 is 1.33 bits per heavy atom. The molecular weight excluding hydrogens is 351 g/mol. The fraction of sp³-hybridized carbons (Fsp3) is 0.500. The average Bonchev–Trinajstić information content (AvgIpc) is 3.10. The molecule has 1 amide bonds. The van der Waals surface area contributed by atoms with Gasteiger partial charge < -0.3 is 19.7 Å². The quantitative estimate of drug-likeness (QED) is 0.810. The first kappa shape index (κ1) is 19.5. The van der Waals surface area contributed by atoms with E-state index >= 15 is 0 Å². The fourth-order valence-corrected chi connectivity index (χ4v) is 3.08. The molecule has 0 spiro atoms. The first-order chi connectivity index (χ1) is 12.9. The second-order valence-corrected chi connectivity index (χ2v) is 7.23. The lowest BCUT2D eigenvalue weighted by Gasteiger charge is -2.34. The summed E-state index contributed by atoms with van der Waals surface area (Å²) in [4.78, 5) is 11.7. The minimum absolute atomic E-state index is 0.0617. The molecule has 1 aliphatic heterocycles. The Bertz CT molecular complexity index is 760. The van der Waals surface area contributed by atoms with E-state index in [9.17, 15) is 14.3 Å². The minimum atomic E-state index is -0.596. The van der Waals surface area contributed by atoms with Crippen molar-refractivity contribution in [1.29, 1.82) is 0 Å². The van der Waals surface area contributed by atoms with Gasteiger partial charge in [0.15, 0.2) is 5.76 Å². The maximum Gasteiger partial charge on any atom is 0.222 e. The molecule has 0 bridgehead atoms. The number of amides is 1. The Hall–Kier alpha value is -2.25. The molecule has 0 aliphatic carbocycles. The van der Waals surface area contributed by atoms with E-state index < -0.39 is 12.2 Å². The first-order valence-corrected chi connectivity index (χ1v) is 9.25. The number of benzene rings is 1. The molecule has 1 aromatic heterocycles. The Kier molecular flexibility index (Phi) is 6.23. The molecular formula is C20H25FN2O4. The van der Waals surface area contributed by atoms with E-state index in [4.69, 9.17) is 9.26 Å². The van der Waals surface area contributed by atoms with Gasteiger partial charge in [0.25, 0.3) is 0 Å². The second-order valence-electron chi connectivity index (χ2n) is 7.23. The Morgan fingerprint density at radius 2 is 2.07 bits per heavy atom. The van der Waals surface area contributed by atoms with Crippen LogP contribution in [0.4, 0.5) is 4.39 Å². The lowest BCUT2D eigenvalue weighted by Crippen LogP contribution is -2.47. The van der Waals surface area contributed by atoms with E-state index in [0.29, 0.717) is 25.0 Å². The van der Waals surface area contributed by atoms with E-state index in [-0.39, 0.29) is 30.3 Å². The van der Waals surface area contributed by atoms with Crippen LogP contribution in [0.3, 0.4) is 0 Å². The van der Waals surface area contributed by atoms with Gasteiger partial charge in [0.1, 0.15) is 11.9 Å². The summed E-state index contributed by atoms with van der Waals surface area (Å²) >= 11 is 0. The number of aliphatic hydroxyl groups excluding tert-OH is 1. The molecule has 27 heavy (non-hydrogen) atoms. The molecule has 1 fully saturated rings. The molecule has 0 radical (unpaired) electrons. The molecule has 2 aromatic rings. The highest BCUT2D eigenvalue weighted by molar-refractivity contribution is 5.77. The van der Waals surface area contributed by atoms with E-state index in [2.05, 4.69) is 10.5 Å². The summed E-state index contributed by atoms with van der Waals surface area (Å²) in [6, 6.07) is 7.84. The largest absolute Gasteiger partial charge is 0.390 e. The van der Waals surface area contributed by atoms with Crippen LogP contribution >= 0.6 is 0 Å². The number of carbonyl (C=O) groups excluding carboxylic acids is 1. The summed E-state index contributed by atoms with van der Waals surface area (Å²) in [5.74, 6) is 0.0970. The molecule has 0 unspecified atom stereocenters. The smallest absolute Gasteiger partial charge is 0.222 e.